The summed E-state index contributed by atoms with van der Waals surface area (Å²) in [5.74, 6) is -0.141. The number of aromatic nitrogens is 2. The molecule has 0 aliphatic rings. The molecule has 0 fully saturated rings. The molecular weight excluding hydrogens is 202 g/mol. The van der Waals surface area contributed by atoms with Crippen LogP contribution in [0, 0.1) is 0 Å². The van der Waals surface area contributed by atoms with Crippen LogP contribution in [0.15, 0.2) is 42.7 Å². The summed E-state index contributed by atoms with van der Waals surface area (Å²) in [6.45, 7) is 5.67. The van der Waals surface area contributed by atoms with Crippen LogP contribution in [0.5, 0.6) is 0 Å². The van der Waals surface area contributed by atoms with E-state index in [9.17, 15) is 4.79 Å². The van der Waals surface area contributed by atoms with Gasteiger partial charge in [-0.3, -0.25) is 4.79 Å². The third-order valence-electron chi connectivity index (χ3n) is 2.32. The monoisotopic (exact) mass is 215 g/mol. The summed E-state index contributed by atoms with van der Waals surface area (Å²) >= 11 is 0. The minimum Gasteiger partial charge on any atom is -0.334 e. The van der Waals surface area contributed by atoms with Crippen molar-refractivity contribution in [2.24, 2.45) is 0 Å². The Hall–Kier alpha value is -2.10. The van der Waals surface area contributed by atoms with Gasteiger partial charge in [-0.2, -0.15) is 0 Å². The second-order valence-corrected chi connectivity index (χ2v) is 3.65. The molecule has 0 aliphatic heterocycles. The van der Waals surface area contributed by atoms with Gasteiger partial charge in [-0.25, -0.2) is 4.98 Å². The largest absolute Gasteiger partial charge is 0.334 e. The fraction of sp³-hybridized carbons (Fsp3) is 0.167. The fourth-order valence-electron chi connectivity index (χ4n) is 1.44. The van der Waals surface area contributed by atoms with Gasteiger partial charge in [0.15, 0.2) is 0 Å². The maximum absolute atomic E-state index is 11.3. The molecule has 4 heteroatoms. The molecule has 0 bridgehead atoms. The lowest BCUT2D eigenvalue weighted by Crippen LogP contribution is -2.25. The van der Waals surface area contributed by atoms with Crippen LogP contribution < -0.4 is 5.32 Å². The molecule has 82 valence electrons. The highest BCUT2D eigenvalue weighted by atomic mass is 16.1. The summed E-state index contributed by atoms with van der Waals surface area (Å²) in [5.41, 5.74) is 2.43. The molecule has 0 saturated heterocycles. The van der Waals surface area contributed by atoms with Crippen molar-refractivity contribution in [3.8, 4) is 0 Å². The minimum absolute atomic E-state index is 0.141. The number of imidazole rings is 1. The zero-order valence-corrected chi connectivity index (χ0v) is 9.10. The Morgan fingerprint density at radius 3 is 3.00 bits per heavy atom. The van der Waals surface area contributed by atoms with Crippen molar-refractivity contribution in [3.63, 3.8) is 0 Å². The number of nitrogens with zero attached hydrogens (tertiary/aromatic N) is 2. The number of nitrogens with one attached hydrogen (secondary N) is 1. The van der Waals surface area contributed by atoms with Gasteiger partial charge in [0.25, 0.3) is 0 Å². The lowest BCUT2D eigenvalue weighted by Gasteiger charge is -2.06. The molecule has 0 atom stereocenters. The number of hydrogen-bond acceptors (Lipinski definition) is 2. The first-order valence-electron chi connectivity index (χ1n) is 5.02. The van der Waals surface area contributed by atoms with Crippen molar-refractivity contribution in [2.75, 3.05) is 0 Å². The second kappa shape index (κ2) is 4.18. The predicted octanol–water partition coefficient (Wildman–Crippen LogP) is 1.69. The lowest BCUT2D eigenvalue weighted by atomic mass is 10.3. The molecule has 1 aromatic heterocycles. The highest BCUT2D eigenvalue weighted by molar-refractivity contribution is 5.91. The van der Waals surface area contributed by atoms with Crippen molar-refractivity contribution < 1.29 is 4.79 Å². The average molecular weight is 215 g/mol. The number of carbonyl (C=O) groups excluding carboxylic acids is 1. The summed E-state index contributed by atoms with van der Waals surface area (Å²) in [4.78, 5) is 15.6. The molecule has 1 N–H and O–H groups in total. The van der Waals surface area contributed by atoms with Crippen LogP contribution in [0.1, 0.15) is 6.92 Å². The number of amides is 1. The van der Waals surface area contributed by atoms with E-state index in [1.54, 1.807) is 13.3 Å². The van der Waals surface area contributed by atoms with Gasteiger partial charge in [-0.15, -0.1) is 0 Å². The van der Waals surface area contributed by atoms with Crippen LogP contribution in [0.3, 0.4) is 0 Å². The third kappa shape index (κ3) is 1.95. The first-order valence-corrected chi connectivity index (χ1v) is 5.02. The van der Waals surface area contributed by atoms with Crippen LogP contribution in [0.25, 0.3) is 11.0 Å². The van der Waals surface area contributed by atoms with E-state index >= 15 is 0 Å². The van der Waals surface area contributed by atoms with Gasteiger partial charge in [0.2, 0.25) is 5.91 Å². The predicted molar refractivity (Wildman–Crippen MR) is 62.7 cm³/mol. The molecule has 1 amide bonds. The number of para-hydroxylation sites is 2. The van der Waals surface area contributed by atoms with Gasteiger partial charge >= 0.3 is 0 Å². The molecule has 4 nitrogen and oxygen atoms in total. The maximum Gasteiger partial charge on any atom is 0.247 e. The Bertz CT molecular complexity index is 542. The van der Waals surface area contributed by atoms with Crippen LogP contribution >= 0.6 is 0 Å². The van der Waals surface area contributed by atoms with E-state index in [0.29, 0.717) is 12.2 Å². The fourth-order valence-corrected chi connectivity index (χ4v) is 1.44. The van der Waals surface area contributed by atoms with Gasteiger partial charge in [0.1, 0.15) is 0 Å². The number of hydrogen-bond donors (Lipinski definition) is 1. The van der Waals surface area contributed by atoms with Crippen LogP contribution in [-0.4, -0.2) is 15.5 Å². The summed E-state index contributed by atoms with van der Waals surface area (Å²) in [7, 11) is 0. The normalized spacial score (nSPS) is 10.3. The van der Waals surface area contributed by atoms with E-state index in [2.05, 4.69) is 16.9 Å². The Morgan fingerprint density at radius 2 is 2.25 bits per heavy atom. The zero-order valence-electron chi connectivity index (χ0n) is 9.10. The molecule has 0 aliphatic carbocycles. The van der Waals surface area contributed by atoms with Crippen molar-refractivity contribution in [1.82, 2.24) is 14.9 Å². The molecular formula is C12H13N3O. The van der Waals surface area contributed by atoms with Gasteiger partial charge in [-0.1, -0.05) is 18.7 Å². The first kappa shape index (κ1) is 10.4. The van der Waals surface area contributed by atoms with E-state index in [4.69, 9.17) is 0 Å². The van der Waals surface area contributed by atoms with E-state index < -0.39 is 0 Å². The smallest absolute Gasteiger partial charge is 0.247 e. The second-order valence-electron chi connectivity index (χ2n) is 3.65. The molecule has 16 heavy (non-hydrogen) atoms. The third-order valence-corrected chi connectivity index (χ3v) is 2.32. The summed E-state index contributed by atoms with van der Waals surface area (Å²) in [6.07, 6.45) is 1.71. The topological polar surface area (TPSA) is 46.9 Å². The van der Waals surface area contributed by atoms with E-state index in [0.717, 1.165) is 11.0 Å². The molecule has 1 heterocycles. The van der Waals surface area contributed by atoms with E-state index in [1.165, 1.54) is 0 Å². The molecule has 1 aromatic carbocycles. The van der Waals surface area contributed by atoms with Crippen molar-refractivity contribution >= 4 is 16.9 Å². The highest BCUT2D eigenvalue weighted by Gasteiger charge is 2.03. The van der Waals surface area contributed by atoms with Crippen molar-refractivity contribution in [2.45, 2.75) is 13.6 Å². The van der Waals surface area contributed by atoms with Crippen molar-refractivity contribution in [3.05, 3.63) is 42.7 Å². The molecule has 2 rings (SSSR count). The molecule has 0 unspecified atom stereocenters. The Balaban J connectivity index is 2.16. The molecule has 0 radical (unpaired) electrons. The number of carbonyl (C=O) groups is 1. The van der Waals surface area contributed by atoms with Crippen LogP contribution in [0.2, 0.25) is 0 Å². The van der Waals surface area contributed by atoms with E-state index in [-0.39, 0.29) is 5.91 Å². The van der Waals surface area contributed by atoms with Gasteiger partial charge in [-0.05, 0) is 19.1 Å². The Morgan fingerprint density at radius 1 is 1.50 bits per heavy atom. The van der Waals surface area contributed by atoms with Gasteiger partial charge < -0.3 is 9.88 Å². The highest BCUT2D eigenvalue weighted by Crippen LogP contribution is 2.10. The van der Waals surface area contributed by atoms with Gasteiger partial charge in [0.05, 0.1) is 24.0 Å². The van der Waals surface area contributed by atoms with E-state index in [1.807, 2.05) is 28.8 Å². The Labute approximate surface area is 93.6 Å². The first-order chi connectivity index (χ1) is 7.68. The van der Waals surface area contributed by atoms with Gasteiger partial charge in [0, 0.05) is 5.57 Å². The molecule has 2 aromatic rings. The summed E-state index contributed by atoms with van der Waals surface area (Å²) in [6, 6.07) is 7.79. The van der Waals surface area contributed by atoms with Crippen molar-refractivity contribution in [1.29, 1.82) is 0 Å². The lowest BCUT2D eigenvalue weighted by molar-refractivity contribution is -0.117. The maximum atomic E-state index is 11.3. The molecule has 0 saturated carbocycles. The minimum atomic E-state index is -0.141. The number of fused-ring (bicyclic) bond motifs is 1. The van der Waals surface area contributed by atoms with Crippen LogP contribution in [-0.2, 0) is 11.5 Å². The average Bonchev–Trinajstić information content (AvgIpc) is 2.69. The standard InChI is InChI=1S/C12H13N3O/c1-9(2)12(16)14-8-15-7-13-10-5-3-4-6-11(10)15/h3-7H,1,8H2,2H3,(H,14,16). The summed E-state index contributed by atoms with van der Waals surface area (Å²) < 4.78 is 1.89. The summed E-state index contributed by atoms with van der Waals surface area (Å²) in [5, 5.41) is 2.76. The molecule has 0 spiro atoms. The zero-order chi connectivity index (χ0) is 11.5. The number of benzene rings is 1. The quantitative estimate of drug-likeness (QED) is 0.792. The Kier molecular flexibility index (Phi) is 2.72. The SMILES string of the molecule is C=C(C)C(=O)NCn1cnc2ccccc21. The number of rotatable bonds is 3. The van der Waals surface area contributed by atoms with Crippen LogP contribution in [0.4, 0.5) is 0 Å².